The summed E-state index contributed by atoms with van der Waals surface area (Å²) in [5, 5.41) is 10.3. The van der Waals surface area contributed by atoms with E-state index in [2.05, 4.69) is 4.98 Å². The quantitative estimate of drug-likeness (QED) is 0.946. The third-order valence-corrected chi connectivity index (χ3v) is 4.74. The van der Waals surface area contributed by atoms with E-state index in [0.717, 1.165) is 9.92 Å². The van der Waals surface area contributed by atoms with Crippen LogP contribution in [-0.4, -0.2) is 40.1 Å². The molecule has 5 heteroatoms. The summed E-state index contributed by atoms with van der Waals surface area (Å²) in [6.07, 6.45) is 2.72. The number of aromatic nitrogens is 1. The van der Waals surface area contributed by atoms with Gasteiger partial charge in [-0.1, -0.05) is 30.0 Å². The molecule has 0 spiro atoms. The van der Waals surface area contributed by atoms with E-state index >= 15 is 0 Å². The second-order valence-corrected chi connectivity index (χ2v) is 6.36. The van der Waals surface area contributed by atoms with E-state index in [1.807, 2.05) is 36.4 Å². The summed E-state index contributed by atoms with van der Waals surface area (Å²) in [5.74, 6) is -0.00145. The Morgan fingerprint density at radius 2 is 1.86 bits per heavy atom. The number of rotatable bonds is 3. The number of pyridine rings is 1. The lowest BCUT2D eigenvalue weighted by molar-refractivity contribution is 0.0543. The number of aliphatic hydroxyl groups excluding tert-OH is 1. The van der Waals surface area contributed by atoms with Crippen molar-refractivity contribution in [2.45, 2.75) is 28.9 Å². The Morgan fingerprint density at radius 1 is 1.14 bits per heavy atom. The third-order valence-electron chi connectivity index (χ3n) is 3.71. The highest BCUT2D eigenvalue weighted by Crippen LogP contribution is 2.29. The van der Waals surface area contributed by atoms with Crippen molar-refractivity contribution < 1.29 is 9.90 Å². The molecule has 1 fully saturated rings. The molecule has 1 saturated heterocycles. The average molecular weight is 314 g/mol. The van der Waals surface area contributed by atoms with Crippen LogP contribution in [0.15, 0.2) is 58.6 Å². The molecule has 1 aliphatic rings. The first-order valence-corrected chi connectivity index (χ1v) is 8.21. The largest absolute Gasteiger partial charge is 0.393 e. The van der Waals surface area contributed by atoms with Crippen LogP contribution < -0.4 is 0 Å². The Labute approximate surface area is 134 Å². The van der Waals surface area contributed by atoms with Crippen LogP contribution in [0.5, 0.6) is 0 Å². The van der Waals surface area contributed by atoms with Gasteiger partial charge in [-0.05, 0) is 37.1 Å². The molecule has 0 saturated carbocycles. The second-order valence-electron chi connectivity index (χ2n) is 5.29. The SMILES string of the molecule is O=C(c1cccnc1Sc1ccccc1)N1CCC(O)CC1. The lowest BCUT2D eigenvalue weighted by Gasteiger charge is -2.30. The molecule has 1 amide bonds. The molecule has 1 aliphatic heterocycles. The molecule has 1 N–H and O–H groups in total. The van der Waals surface area contributed by atoms with Crippen LogP contribution in [0.2, 0.25) is 0 Å². The van der Waals surface area contributed by atoms with Gasteiger partial charge in [-0.3, -0.25) is 4.79 Å². The first-order chi connectivity index (χ1) is 10.7. The maximum Gasteiger partial charge on any atom is 0.256 e. The number of likely N-dealkylation sites (tertiary alicyclic amines) is 1. The van der Waals surface area contributed by atoms with Crippen LogP contribution in [0.1, 0.15) is 23.2 Å². The molecular weight excluding hydrogens is 296 g/mol. The molecule has 4 nitrogen and oxygen atoms in total. The van der Waals surface area contributed by atoms with E-state index in [4.69, 9.17) is 0 Å². The van der Waals surface area contributed by atoms with E-state index in [1.165, 1.54) is 11.8 Å². The number of nitrogens with zero attached hydrogens (tertiary/aromatic N) is 2. The number of hydrogen-bond acceptors (Lipinski definition) is 4. The summed E-state index contributed by atoms with van der Waals surface area (Å²) in [6, 6.07) is 13.5. The molecule has 0 radical (unpaired) electrons. The Balaban J connectivity index is 1.80. The van der Waals surface area contributed by atoms with Gasteiger partial charge >= 0.3 is 0 Å². The van der Waals surface area contributed by atoms with Crippen LogP contribution in [0.25, 0.3) is 0 Å². The molecule has 2 heterocycles. The number of benzene rings is 1. The minimum Gasteiger partial charge on any atom is -0.393 e. The fourth-order valence-corrected chi connectivity index (χ4v) is 3.37. The number of carbonyl (C=O) groups excluding carboxylic acids is 1. The molecule has 1 aromatic heterocycles. The Bertz CT molecular complexity index is 640. The number of piperidine rings is 1. The van der Waals surface area contributed by atoms with Crippen molar-refractivity contribution in [2.75, 3.05) is 13.1 Å². The molecule has 0 atom stereocenters. The van der Waals surface area contributed by atoms with Crippen molar-refractivity contribution in [2.24, 2.45) is 0 Å². The highest BCUT2D eigenvalue weighted by atomic mass is 32.2. The normalized spacial score (nSPS) is 15.8. The zero-order chi connectivity index (χ0) is 15.4. The van der Waals surface area contributed by atoms with E-state index in [1.54, 1.807) is 17.2 Å². The first kappa shape index (κ1) is 15.1. The maximum absolute atomic E-state index is 12.7. The Morgan fingerprint density at radius 3 is 2.59 bits per heavy atom. The standard InChI is InChI=1S/C17H18N2O2S/c20-13-8-11-19(12-9-13)17(21)15-7-4-10-18-16(15)22-14-5-2-1-3-6-14/h1-7,10,13,20H,8-9,11-12H2. The van der Waals surface area contributed by atoms with Crippen molar-refractivity contribution in [1.29, 1.82) is 0 Å². The van der Waals surface area contributed by atoms with E-state index in [0.29, 0.717) is 31.5 Å². The summed E-state index contributed by atoms with van der Waals surface area (Å²) in [4.78, 5) is 19.9. The summed E-state index contributed by atoms with van der Waals surface area (Å²) in [7, 11) is 0. The lowest BCUT2D eigenvalue weighted by Crippen LogP contribution is -2.40. The van der Waals surface area contributed by atoms with E-state index in [-0.39, 0.29) is 12.0 Å². The van der Waals surface area contributed by atoms with Crippen molar-refractivity contribution in [1.82, 2.24) is 9.88 Å². The average Bonchev–Trinajstić information content (AvgIpc) is 2.56. The molecule has 0 bridgehead atoms. The summed E-state index contributed by atoms with van der Waals surface area (Å²) in [6.45, 7) is 1.20. The van der Waals surface area contributed by atoms with E-state index in [9.17, 15) is 9.90 Å². The summed E-state index contributed by atoms with van der Waals surface area (Å²) >= 11 is 1.50. The van der Waals surface area contributed by atoms with Gasteiger partial charge in [-0.2, -0.15) is 0 Å². The molecule has 1 aromatic carbocycles. The topological polar surface area (TPSA) is 53.4 Å². The van der Waals surface area contributed by atoms with Crippen LogP contribution in [0.3, 0.4) is 0 Å². The van der Waals surface area contributed by atoms with Gasteiger partial charge in [0.2, 0.25) is 0 Å². The number of hydrogen-bond donors (Lipinski definition) is 1. The summed E-state index contributed by atoms with van der Waals surface area (Å²) in [5.41, 5.74) is 0.632. The van der Waals surface area contributed by atoms with E-state index < -0.39 is 0 Å². The van der Waals surface area contributed by atoms with Gasteiger partial charge in [-0.25, -0.2) is 4.98 Å². The minimum atomic E-state index is -0.281. The van der Waals surface area contributed by atoms with Crippen LogP contribution >= 0.6 is 11.8 Å². The van der Waals surface area contributed by atoms with Crippen molar-refractivity contribution in [3.63, 3.8) is 0 Å². The predicted molar refractivity (Wildman–Crippen MR) is 85.9 cm³/mol. The van der Waals surface area contributed by atoms with Gasteiger partial charge in [0, 0.05) is 24.2 Å². The van der Waals surface area contributed by atoms with Gasteiger partial charge in [0.15, 0.2) is 0 Å². The molecule has 2 aromatic rings. The second kappa shape index (κ2) is 6.94. The van der Waals surface area contributed by atoms with Crippen molar-refractivity contribution >= 4 is 17.7 Å². The molecule has 0 unspecified atom stereocenters. The number of aliphatic hydroxyl groups is 1. The zero-order valence-corrected chi connectivity index (χ0v) is 13.0. The van der Waals surface area contributed by atoms with Crippen LogP contribution in [0.4, 0.5) is 0 Å². The van der Waals surface area contributed by atoms with Gasteiger partial charge in [-0.15, -0.1) is 0 Å². The number of carbonyl (C=O) groups is 1. The first-order valence-electron chi connectivity index (χ1n) is 7.39. The molecule has 0 aliphatic carbocycles. The molecule has 3 rings (SSSR count). The van der Waals surface area contributed by atoms with Gasteiger partial charge in [0.1, 0.15) is 5.03 Å². The maximum atomic E-state index is 12.7. The predicted octanol–water partition coefficient (Wildman–Crippen LogP) is 2.83. The van der Waals surface area contributed by atoms with Crippen LogP contribution in [0, 0.1) is 0 Å². The highest BCUT2D eigenvalue weighted by Gasteiger charge is 2.24. The lowest BCUT2D eigenvalue weighted by atomic mass is 10.1. The fourth-order valence-electron chi connectivity index (χ4n) is 2.47. The Hall–Kier alpha value is -1.85. The molecule has 114 valence electrons. The highest BCUT2D eigenvalue weighted by molar-refractivity contribution is 7.99. The molecular formula is C17H18N2O2S. The van der Waals surface area contributed by atoms with Gasteiger partial charge < -0.3 is 10.0 Å². The van der Waals surface area contributed by atoms with Crippen molar-refractivity contribution in [3.05, 3.63) is 54.2 Å². The molecule has 22 heavy (non-hydrogen) atoms. The zero-order valence-electron chi connectivity index (χ0n) is 12.2. The minimum absolute atomic E-state index is 0.00145. The van der Waals surface area contributed by atoms with Gasteiger partial charge in [0.05, 0.1) is 11.7 Å². The third kappa shape index (κ3) is 3.48. The van der Waals surface area contributed by atoms with Crippen LogP contribution in [-0.2, 0) is 0 Å². The summed E-state index contributed by atoms with van der Waals surface area (Å²) < 4.78 is 0. The monoisotopic (exact) mass is 314 g/mol. The fraction of sp³-hybridized carbons (Fsp3) is 0.294. The number of amides is 1. The Kier molecular flexibility index (Phi) is 4.75. The van der Waals surface area contributed by atoms with Crippen molar-refractivity contribution in [3.8, 4) is 0 Å². The van der Waals surface area contributed by atoms with Gasteiger partial charge in [0.25, 0.3) is 5.91 Å². The smallest absolute Gasteiger partial charge is 0.256 e.